The van der Waals surface area contributed by atoms with Crippen LogP contribution in [0, 0.1) is 5.41 Å². The SMILES string of the molecule is BC(=N)/C=C(\C)Br. The van der Waals surface area contributed by atoms with Crippen LogP contribution in [0.2, 0.25) is 0 Å². The van der Waals surface area contributed by atoms with E-state index in [2.05, 4.69) is 15.9 Å². The highest BCUT2D eigenvalue weighted by molar-refractivity contribution is 9.11. The van der Waals surface area contributed by atoms with Gasteiger partial charge in [-0.1, -0.05) is 15.9 Å². The van der Waals surface area contributed by atoms with Gasteiger partial charge in [0.15, 0.2) is 7.85 Å². The summed E-state index contributed by atoms with van der Waals surface area (Å²) >= 11 is 3.20. The van der Waals surface area contributed by atoms with Gasteiger partial charge in [0.1, 0.15) is 0 Å². The second-order valence-corrected chi connectivity index (χ2v) is 2.66. The number of halogens is 1. The summed E-state index contributed by atoms with van der Waals surface area (Å²) in [6.07, 6.45) is 1.75. The molecule has 0 spiro atoms. The Kier molecular flexibility index (Phi) is 3.00. The fourth-order valence-corrected chi connectivity index (χ4v) is 0.642. The van der Waals surface area contributed by atoms with Gasteiger partial charge in [-0.2, -0.15) is 0 Å². The Morgan fingerprint density at radius 2 is 2.29 bits per heavy atom. The Balaban J connectivity index is 3.68. The first-order chi connectivity index (χ1) is 3.13. The fourth-order valence-electron chi connectivity index (χ4n) is 0.298. The molecule has 0 amide bonds. The Bertz CT molecular complexity index is 104. The number of hydrogen-bond acceptors (Lipinski definition) is 1. The van der Waals surface area contributed by atoms with Gasteiger partial charge in [-0.25, -0.2) is 0 Å². The van der Waals surface area contributed by atoms with Gasteiger partial charge < -0.3 is 5.41 Å². The molecule has 0 saturated carbocycles. The van der Waals surface area contributed by atoms with E-state index in [-0.39, 0.29) is 0 Å². The van der Waals surface area contributed by atoms with E-state index in [9.17, 15) is 0 Å². The molecule has 0 aromatic carbocycles. The largest absolute Gasteiger partial charge is 0.316 e. The summed E-state index contributed by atoms with van der Waals surface area (Å²) in [6, 6.07) is 0. The molecule has 0 rings (SSSR count). The lowest BCUT2D eigenvalue weighted by molar-refractivity contribution is 1.55. The summed E-state index contributed by atoms with van der Waals surface area (Å²) in [5.41, 5.74) is 0.578. The highest BCUT2D eigenvalue weighted by Crippen LogP contribution is 1.99. The predicted molar refractivity (Wildman–Crippen MR) is 39.0 cm³/mol. The van der Waals surface area contributed by atoms with E-state index >= 15 is 0 Å². The maximum atomic E-state index is 6.92. The van der Waals surface area contributed by atoms with Crippen molar-refractivity contribution in [1.82, 2.24) is 0 Å². The first-order valence-electron chi connectivity index (χ1n) is 2.02. The van der Waals surface area contributed by atoms with Crippen molar-refractivity contribution in [3.63, 3.8) is 0 Å². The van der Waals surface area contributed by atoms with Crippen LogP contribution in [0.25, 0.3) is 0 Å². The van der Waals surface area contributed by atoms with E-state index in [1.54, 1.807) is 13.9 Å². The van der Waals surface area contributed by atoms with Crippen molar-refractivity contribution >= 4 is 29.4 Å². The molecule has 0 aliphatic rings. The lowest BCUT2D eigenvalue weighted by Gasteiger charge is -1.81. The third-order valence-corrected chi connectivity index (χ3v) is 0.644. The average Bonchev–Trinajstić information content (AvgIpc) is 1.27. The zero-order valence-electron chi connectivity index (χ0n) is 4.46. The van der Waals surface area contributed by atoms with Crippen LogP contribution in [0.1, 0.15) is 6.92 Å². The minimum atomic E-state index is 0.578. The van der Waals surface area contributed by atoms with Crippen LogP contribution in [-0.4, -0.2) is 13.5 Å². The number of allylic oxidation sites excluding steroid dienone is 2. The highest BCUT2D eigenvalue weighted by Gasteiger charge is 1.78. The first-order valence-corrected chi connectivity index (χ1v) is 2.81. The Labute approximate surface area is 52.8 Å². The summed E-state index contributed by atoms with van der Waals surface area (Å²) in [4.78, 5) is 0. The van der Waals surface area contributed by atoms with Crippen LogP contribution in [0.3, 0.4) is 0 Å². The highest BCUT2D eigenvalue weighted by atomic mass is 79.9. The van der Waals surface area contributed by atoms with Crippen molar-refractivity contribution in [3.05, 3.63) is 10.6 Å². The summed E-state index contributed by atoms with van der Waals surface area (Å²) in [7, 11) is 1.74. The second-order valence-electron chi connectivity index (χ2n) is 1.41. The van der Waals surface area contributed by atoms with Crippen molar-refractivity contribution < 1.29 is 0 Å². The van der Waals surface area contributed by atoms with Gasteiger partial charge >= 0.3 is 0 Å². The maximum Gasteiger partial charge on any atom is 0.162 e. The van der Waals surface area contributed by atoms with Crippen LogP contribution in [0.5, 0.6) is 0 Å². The Morgan fingerprint density at radius 3 is 2.29 bits per heavy atom. The minimum absolute atomic E-state index is 0.578. The molecule has 0 aromatic heterocycles. The quantitative estimate of drug-likeness (QED) is 0.435. The van der Waals surface area contributed by atoms with Crippen LogP contribution in [0.15, 0.2) is 10.6 Å². The molecule has 0 aliphatic heterocycles. The molecule has 7 heavy (non-hydrogen) atoms. The van der Waals surface area contributed by atoms with Crippen molar-refractivity contribution in [2.75, 3.05) is 0 Å². The van der Waals surface area contributed by atoms with E-state index in [0.29, 0.717) is 5.61 Å². The normalized spacial score (nSPS) is 11.4. The molecule has 0 unspecified atom stereocenters. The lowest BCUT2D eigenvalue weighted by atomic mass is 10.0. The summed E-state index contributed by atoms with van der Waals surface area (Å²) in [6.45, 7) is 1.90. The molecule has 3 heteroatoms. The molecule has 0 aromatic rings. The molecule has 0 radical (unpaired) electrons. The molecule has 0 fully saturated rings. The molecule has 1 nitrogen and oxygen atoms in total. The molecule has 0 saturated heterocycles. The maximum absolute atomic E-state index is 6.92. The van der Waals surface area contributed by atoms with E-state index in [1.165, 1.54) is 0 Å². The van der Waals surface area contributed by atoms with Crippen molar-refractivity contribution in [2.24, 2.45) is 0 Å². The third kappa shape index (κ3) is 5.95. The zero-order chi connectivity index (χ0) is 5.86. The second kappa shape index (κ2) is 3.02. The smallest absolute Gasteiger partial charge is 0.162 e. The van der Waals surface area contributed by atoms with E-state index < -0.39 is 0 Å². The van der Waals surface area contributed by atoms with Gasteiger partial charge in [0.05, 0.1) is 0 Å². The fraction of sp³-hybridized carbons (Fsp3) is 0.250. The van der Waals surface area contributed by atoms with Crippen LogP contribution in [0.4, 0.5) is 0 Å². The van der Waals surface area contributed by atoms with Gasteiger partial charge in [0.25, 0.3) is 0 Å². The summed E-state index contributed by atoms with van der Waals surface area (Å²) in [5, 5.41) is 6.92. The lowest BCUT2D eigenvalue weighted by Crippen LogP contribution is -1.85. The zero-order valence-corrected chi connectivity index (χ0v) is 6.04. The molecule has 1 N–H and O–H groups in total. The van der Waals surface area contributed by atoms with E-state index in [4.69, 9.17) is 5.41 Å². The standard InChI is InChI=1S/C4H7BBrN/c1-3(6)2-4(5)7/h2,7H,5H2,1H3/b3-2+,7-4?. The van der Waals surface area contributed by atoms with Gasteiger partial charge in [-0.15, -0.1) is 0 Å². The third-order valence-electron chi connectivity index (χ3n) is 0.415. The molecular formula is C4H7BBrN. The molecular weight excluding hydrogens is 153 g/mol. The molecule has 38 valence electrons. The Hall–Kier alpha value is -0.0451. The van der Waals surface area contributed by atoms with Gasteiger partial charge in [0, 0.05) is 0 Å². The molecule has 0 atom stereocenters. The van der Waals surface area contributed by atoms with Crippen LogP contribution >= 0.6 is 15.9 Å². The summed E-state index contributed by atoms with van der Waals surface area (Å²) < 4.78 is 1.00. The number of nitrogens with one attached hydrogen (secondary N) is 1. The molecule has 0 aliphatic carbocycles. The van der Waals surface area contributed by atoms with Crippen molar-refractivity contribution in [1.29, 1.82) is 5.41 Å². The molecule has 0 heterocycles. The minimum Gasteiger partial charge on any atom is -0.316 e. The van der Waals surface area contributed by atoms with Gasteiger partial charge in [-0.05, 0) is 23.1 Å². The monoisotopic (exact) mass is 159 g/mol. The average molecular weight is 160 g/mol. The van der Waals surface area contributed by atoms with Crippen molar-refractivity contribution in [3.8, 4) is 0 Å². The van der Waals surface area contributed by atoms with Gasteiger partial charge in [-0.3, -0.25) is 0 Å². The predicted octanol–water partition coefficient (Wildman–Crippen LogP) is 0.895. The Morgan fingerprint density at radius 1 is 1.86 bits per heavy atom. The van der Waals surface area contributed by atoms with E-state index in [0.717, 1.165) is 4.48 Å². The molecule has 0 bridgehead atoms. The van der Waals surface area contributed by atoms with Crippen LogP contribution in [-0.2, 0) is 0 Å². The summed E-state index contributed by atoms with van der Waals surface area (Å²) in [5.74, 6) is 0. The number of rotatable bonds is 1. The number of hydrogen-bond donors (Lipinski definition) is 1. The van der Waals surface area contributed by atoms with E-state index in [1.807, 2.05) is 6.92 Å². The first kappa shape index (κ1) is 6.95. The van der Waals surface area contributed by atoms with Gasteiger partial charge in [0.2, 0.25) is 0 Å². The topological polar surface area (TPSA) is 23.9 Å². The van der Waals surface area contributed by atoms with Crippen molar-refractivity contribution in [2.45, 2.75) is 6.92 Å². The van der Waals surface area contributed by atoms with Crippen LogP contribution < -0.4 is 0 Å².